The van der Waals surface area contributed by atoms with Gasteiger partial charge in [-0.2, -0.15) is 18.3 Å². The molecular weight excluding hydrogens is 595 g/mol. The molecule has 0 fully saturated rings. The molecule has 4 rings (SSSR count). The molecule has 0 radical (unpaired) electrons. The molecular formula is C23H14Br2F3N5O2. The van der Waals surface area contributed by atoms with E-state index in [1.807, 2.05) is 0 Å². The van der Waals surface area contributed by atoms with Crippen LogP contribution in [0.1, 0.15) is 15.0 Å². The third-order valence-corrected chi connectivity index (χ3v) is 6.12. The maximum Gasteiger partial charge on any atom is 0.416 e. The van der Waals surface area contributed by atoms with E-state index >= 15 is 0 Å². The predicted molar refractivity (Wildman–Crippen MR) is 132 cm³/mol. The molecule has 2 aromatic carbocycles. The van der Waals surface area contributed by atoms with Crippen molar-refractivity contribution < 1.29 is 13.2 Å². The quantitative estimate of drug-likeness (QED) is 0.219. The summed E-state index contributed by atoms with van der Waals surface area (Å²) >= 11 is 6.68. The van der Waals surface area contributed by atoms with Crippen molar-refractivity contribution in [2.75, 3.05) is 0 Å². The van der Waals surface area contributed by atoms with E-state index < -0.39 is 26.7 Å². The van der Waals surface area contributed by atoms with E-state index in [1.165, 1.54) is 30.1 Å². The van der Waals surface area contributed by atoms with Gasteiger partial charge >= 0.3 is 11.9 Å². The predicted octanol–water partition coefficient (Wildman–Crippen LogP) is 5.75. The summed E-state index contributed by atoms with van der Waals surface area (Å²) in [7, 11) is 1.25. The first kappa shape index (κ1) is 24.7. The van der Waals surface area contributed by atoms with Gasteiger partial charge in [0.15, 0.2) is 5.69 Å². The molecule has 0 bridgehead atoms. The van der Waals surface area contributed by atoms with Gasteiger partial charge in [0.25, 0.3) is 5.56 Å². The number of halogens is 5. The standard InChI is InChI=1S/C23H14Br2F3N5O2/c1-29-14-6-8-15(9-7-14)33-17(10-11-30-33)18-19(20(24)25)32(22(35)31(2)21(18)34)16-5-3-4-13(12-16)23(26,27)28/h3-12,20H,2H3. The first-order valence-electron chi connectivity index (χ1n) is 9.88. The van der Waals surface area contributed by atoms with Crippen molar-refractivity contribution in [3.05, 3.63) is 104 Å². The average Bonchev–Trinajstić information content (AvgIpc) is 3.31. The van der Waals surface area contributed by atoms with Crippen molar-refractivity contribution in [1.29, 1.82) is 0 Å². The van der Waals surface area contributed by atoms with Crippen LogP contribution in [0.25, 0.3) is 27.5 Å². The molecule has 4 aromatic rings. The Labute approximate surface area is 213 Å². The van der Waals surface area contributed by atoms with Crippen LogP contribution in [-0.4, -0.2) is 18.9 Å². The van der Waals surface area contributed by atoms with Gasteiger partial charge in [-0.05, 0) is 36.4 Å². The molecule has 2 heterocycles. The summed E-state index contributed by atoms with van der Waals surface area (Å²) < 4.78 is 42.7. The minimum Gasteiger partial charge on any atom is -0.268 e. The fraction of sp³-hybridized carbons (Fsp3) is 0.130. The molecule has 0 unspecified atom stereocenters. The van der Waals surface area contributed by atoms with E-state index in [4.69, 9.17) is 6.57 Å². The summed E-state index contributed by atoms with van der Waals surface area (Å²) in [6.07, 6.45) is -3.17. The van der Waals surface area contributed by atoms with Crippen molar-refractivity contribution >= 4 is 37.5 Å². The Morgan fingerprint density at radius 1 is 1.03 bits per heavy atom. The van der Waals surface area contributed by atoms with Crippen molar-refractivity contribution in [2.24, 2.45) is 7.05 Å². The lowest BCUT2D eigenvalue weighted by atomic mass is 10.1. The molecule has 0 saturated heterocycles. The number of hydrogen-bond donors (Lipinski definition) is 0. The Morgan fingerprint density at radius 2 is 1.71 bits per heavy atom. The summed E-state index contributed by atoms with van der Waals surface area (Å²) in [5.41, 5.74) is -1.06. The van der Waals surface area contributed by atoms with Crippen LogP contribution >= 0.6 is 31.9 Å². The average molecular weight is 609 g/mol. The SMILES string of the molecule is [C-]#[N+]c1ccc(-n2nccc2-c2c(C(Br)Br)n(-c3cccc(C(F)(F)F)c3)c(=O)n(C)c2=O)cc1. The van der Waals surface area contributed by atoms with Gasteiger partial charge in [0.1, 0.15) is 3.74 Å². The fourth-order valence-corrected chi connectivity index (χ4v) is 4.48. The van der Waals surface area contributed by atoms with E-state index in [-0.39, 0.29) is 16.9 Å². The Bertz CT molecular complexity index is 1580. The lowest BCUT2D eigenvalue weighted by Gasteiger charge is -2.20. The topological polar surface area (TPSA) is 66.2 Å². The van der Waals surface area contributed by atoms with Gasteiger partial charge in [-0.25, -0.2) is 14.3 Å². The van der Waals surface area contributed by atoms with E-state index in [0.29, 0.717) is 17.1 Å². The zero-order chi connectivity index (χ0) is 25.5. The molecule has 0 N–H and O–H groups in total. The number of aromatic nitrogens is 4. The van der Waals surface area contributed by atoms with Crippen LogP contribution < -0.4 is 11.2 Å². The number of benzene rings is 2. The second-order valence-corrected chi connectivity index (χ2v) is 10.4. The molecule has 0 aliphatic heterocycles. The molecule has 0 saturated carbocycles. The van der Waals surface area contributed by atoms with Gasteiger partial charge in [-0.3, -0.25) is 13.9 Å². The number of nitrogens with zero attached hydrogens (tertiary/aromatic N) is 5. The van der Waals surface area contributed by atoms with Gasteiger partial charge in [0.05, 0.1) is 46.7 Å². The van der Waals surface area contributed by atoms with Crippen LogP contribution in [0.15, 0.2) is 70.4 Å². The fourth-order valence-electron chi connectivity index (χ4n) is 3.61. The first-order chi connectivity index (χ1) is 16.5. The van der Waals surface area contributed by atoms with Gasteiger partial charge in [0.2, 0.25) is 0 Å². The highest BCUT2D eigenvalue weighted by atomic mass is 79.9. The molecule has 0 aliphatic rings. The maximum atomic E-state index is 13.4. The van der Waals surface area contributed by atoms with E-state index in [1.54, 1.807) is 30.3 Å². The molecule has 0 aliphatic carbocycles. The first-order valence-corrected chi connectivity index (χ1v) is 11.7. The van der Waals surface area contributed by atoms with E-state index in [0.717, 1.165) is 21.3 Å². The summed E-state index contributed by atoms with van der Waals surface area (Å²) in [6.45, 7) is 7.12. The molecule has 178 valence electrons. The minimum absolute atomic E-state index is 0.0509. The van der Waals surface area contributed by atoms with Gasteiger partial charge < -0.3 is 0 Å². The van der Waals surface area contributed by atoms with Gasteiger partial charge in [0, 0.05) is 7.05 Å². The van der Waals surface area contributed by atoms with Crippen molar-refractivity contribution in [1.82, 2.24) is 18.9 Å². The molecule has 0 spiro atoms. The van der Waals surface area contributed by atoms with Crippen LogP contribution in [0.3, 0.4) is 0 Å². The third-order valence-electron chi connectivity index (χ3n) is 5.25. The Hall–Kier alpha value is -3.43. The van der Waals surface area contributed by atoms with Gasteiger partial charge in [-0.15, -0.1) is 0 Å². The van der Waals surface area contributed by atoms with Crippen molar-refractivity contribution in [3.8, 4) is 22.6 Å². The Morgan fingerprint density at radius 3 is 2.31 bits per heavy atom. The zero-order valence-electron chi connectivity index (χ0n) is 17.8. The van der Waals surface area contributed by atoms with Crippen LogP contribution in [0, 0.1) is 6.57 Å². The van der Waals surface area contributed by atoms with E-state index in [9.17, 15) is 22.8 Å². The maximum absolute atomic E-state index is 13.4. The zero-order valence-corrected chi connectivity index (χ0v) is 21.0. The molecule has 0 amide bonds. The number of alkyl halides is 5. The molecule has 35 heavy (non-hydrogen) atoms. The van der Waals surface area contributed by atoms with Crippen LogP contribution in [0.5, 0.6) is 0 Å². The lowest BCUT2D eigenvalue weighted by Crippen LogP contribution is -2.40. The minimum atomic E-state index is -4.62. The molecule has 0 atom stereocenters. The smallest absolute Gasteiger partial charge is 0.268 e. The summed E-state index contributed by atoms with van der Waals surface area (Å²) in [5.74, 6) is 0. The van der Waals surface area contributed by atoms with Crippen molar-refractivity contribution in [3.63, 3.8) is 0 Å². The van der Waals surface area contributed by atoms with E-state index in [2.05, 4.69) is 41.8 Å². The molecule has 12 heteroatoms. The normalized spacial score (nSPS) is 11.6. The largest absolute Gasteiger partial charge is 0.416 e. The monoisotopic (exact) mass is 607 g/mol. The second-order valence-electron chi connectivity index (χ2n) is 7.35. The second kappa shape index (κ2) is 9.31. The molecule has 7 nitrogen and oxygen atoms in total. The van der Waals surface area contributed by atoms with Gasteiger partial charge in [-0.1, -0.05) is 50.1 Å². The highest BCUT2D eigenvalue weighted by Gasteiger charge is 2.32. The van der Waals surface area contributed by atoms with Crippen LogP contribution in [0.4, 0.5) is 18.9 Å². The third kappa shape index (κ3) is 4.49. The van der Waals surface area contributed by atoms with Crippen molar-refractivity contribution in [2.45, 2.75) is 9.91 Å². The summed E-state index contributed by atoms with van der Waals surface area (Å²) in [4.78, 5) is 29.9. The molecule has 2 aromatic heterocycles. The Kier molecular flexibility index (Phi) is 6.57. The van der Waals surface area contributed by atoms with Crippen LogP contribution in [-0.2, 0) is 13.2 Å². The van der Waals surface area contributed by atoms with Crippen LogP contribution in [0.2, 0.25) is 0 Å². The Balaban J connectivity index is 2.06. The lowest BCUT2D eigenvalue weighted by molar-refractivity contribution is -0.137. The highest BCUT2D eigenvalue weighted by Crippen LogP contribution is 2.37. The highest BCUT2D eigenvalue weighted by molar-refractivity contribution is 9.24. The summed E-state index contributed by atoms with van der Waals surface area (Å²) in [6, 6.07) is 12.3. The number of hydrogen-bond acceptors (Lipinski definition) is 3. The summed E-state index contributed by atoms with van der Waals surface area (Å²) in [5, 5.41) is 4.29. The number of rotatable bonds is 4.